The van der Waals surface area contributed by atoms with Gasteiger partial charge in [0.05, 0.1) is 7.11 Å². The lowest BCUT2D eigenvalue weighted by Gasteiger charge is -2.45. The van der Waals surface area contributed by atoms with Gasteiger partial charge in [-0.2, -0.15) is 0 Å². The van der Waals surface area contributed by atoms with Gasteiger partial charge in [0, 0.05) is 13.1 Å². The van der Waals surface area contributed by atoms with Crippen molar-refractivity contribution in [2.75, 3.05) is 39.8 Å². The Morgan fingerprint density at radius 3 is 2.73 bits per heavy atom. The molecule has 0 bridgehead atoms. The summed E-state index contributed by atoms with van der Waals surface area (Å²) < 4.78 is 5.22. The molecule has 3 heteroatoms. The van der Waals surface area contributed by atoms with Crippen molar-refractivity contribution in [3.8, 4) is 5.75 Å². The number of nitrogens with zero attached hydrogens (tertiary/aromatic N) is 1. The van der Waals surface area contributed by atoms with Crippen molar-refractivity contribution in [2.45, 2.75) is 38.5 Å². The predicted octanol–water partition coefficient (Wildman–Crippen LogP) is 3.09. The quantitative estimate of drug-likeness (QED) is 0.904. The van der Waals surface area contributed by atoms with Gasteiger partial charge in [-0.25, -0.2) is 0 Å². The van der Waals surface area contributed by atoms with Gasteiger partial charge in [0.1, 0.15) is 5.75 Å². The van der Waals surface area contributed by atoms with E-state index in [1.54, 1.807) is 7.11 Å². The number of nitrogens with one attached hydrogen (secondary N) is 1. The minimum absolute atomic E-state index is 0.580. The second kappa shape index (κ2) is 7.47. The monoisotopic (exact) mass is 302 g/mol. The van der Waals surface area contributed by atoms with Gasteiger partial charge in [-0.15, -0.1) is 0 Å². The molecule has 22 heavy (non-hydrogen) atoms. The van der Waals surface area contributed by atoms with Crippen LogP contribution in [0.5, 0.6) is 5.75 Å². The molecule has 1 aromatic carbocycles. The fourth-order valence-corrected chi connectivity index (χ4v) is 4.18. The lowest BCUT2D eigenvalue weighted by atomic mass is 9.74. The molecule has 2 heterocycles. The fourth-order valence-electron chi connectivity index (χ4n) is 4.18. The maximum absolute atomic E-state index is 5.22. The lowest BCUT2D eigenvalue weighted by molar-refractivity contribution is 0.0641. The largest absolute Gasteiger partial charge is 0.497 e. The van der Waals surface area contributed by atoms with Crippen LogP contribution in [0.4, 0.5) is 0 Å². The molecule has 1 N–H and O–H groups in total. The zero-order chi connectivity index (χ0) is 15.3. The van der Waals surface area contributed by atoms with Crippen LogP contribution >= 0.6 is 0 Å². The average molecular weight is 302 g/mol. The SMILES string of the molecule is COc1ccc(CCCN2CCCC3(CCCNC3)C2)cc1. The van der Waals surface area contributed by atoms with E-state index >= 15 is 0 Å². The van der Waals surface area contributed by atoms with Crippen molar-refractivity contribution in [1.82, 2.24) is 10.2 Å². The third-order valence-electron chi connectivity index (χ3n) is 5.40. The summed E-state index contributed by atoms with van der Waals surface area (Å²) in [6.07, 6.45) is 8.02. The van der Waals surface area contributed by atoms with Gasteiger partial charge in [0.15, 0.2) is 0 Å². The zero-order valence-electron chi connectivity index (χ0n) is 13.9. The number of piperidine rings is 2. The maximum atomic E-state index is 5.22. The van der Waals surface area contributed by atoms with Gasteiger partial charge >= 0.3 is 0 Å². The van der Waals surface area contributed by atoms with Crippen LogP contribution < -0.4 is 10.1 Å². The Hall–Kier alpha value is -1.06. The number of benzene rings is 1. The molecular formula is C19H30N2O. The highest BCUT2D eigenvalue weighted by Gasteiger charge is 2.36. The molecule has 0 saturated carbocycles. The number of rotatable bonds is 5. The van der Waals surface area contributed by atoms with Gasteiger partial charge in [-0.3, -0.25) is 0 Å². The minimum atomic E-state index is 0.580. The summed E-state index contributed by atoms with van der Waals surface area (Å²) >= 11 is 0. The number of hydrogen-bond donors (Lipinski definition) is 1. The molecule has 0 radical (unpaired) electrons. The Labute approximate surface area is 135 Å². The van der Waals surface area contributed by atoms with Crippen molar-refractivity contribution in [2.24, 2.45) is 5.41 Å². The summed E-state index contributed by atoms with van der Waals surface area (Å²) in [6.45, 7) is 6.31. The topological polar surface area (TPSA) is 24.5 Å². The van der Waals surface area contributed by atoms with E-state index in [4.69, 9.17) is 4.74 Å². The van der Waals surface area contributed by atoms with Gasteiger partial charge in [0.25, 0.3) is 0 Å². The van der Waals surface area contributed by atoms with E-state index < -0.39 is 0 Å². The van der Waals surface area contributed by atoms with E-state index in [9.17, 15) is 0 Å². The molecule has 122 valence electrons. The van der Waals surface area contributed by atoms with Gasteiger partial charge in [-0.05, 0) is 81.3 Å². The molecule has 0 amide bonds. The van der Waals surface area contributed by atoms with Crippen LogP contribution in [-0.4, -0.2) is 44.7 Å². The molecule has 1 atom stereocenters. The van der Waals surface area contributed by atoms with Crippen LogP contribution in [0.3, 0.4) is 0 Å². The standard InChI is InChI=1S/C19H30N2O/c1-22-18-8-6-17(7-9-18)5-2-13-21-14-4-11-19(16-21)10-3-12-20-15-19/h6-9,20H,2-5,10-16H2,1H3. The molecule has 2 fully saturated rings. The first-order chi connectivity index (χ1) is 10.8. The van der Waals surface area contributed by atoms with Crippen molar-refractivity contribution in [3.05, 3.63) is 29.8 Å². The first kappa shape index (κ1) is 15.8. The number of aryl methyl sites for hydroxylation is 1. The Kier molecular flexibility index (Phi) is 5.37. The maximum Gasteiger partial charge on any atom is 0.118 e. The summed E-state index contributed by atoms with van der Waals surface area (Å²) in [6, 6.07) is 8.53. The van der Waals surface area contributed by atoms with E-state index in [-0.39, 0.29) is 0 Å². The van der Waals surface area contributed by atoms with E-state index in [1.807, 2.05) is 0 Å². The van der Waals surface area contributed by atoms with Crippen LogP contribution in [0, 0.1) is 5.41 Å². The summed E-state index contributed by atoms with van der Waals surface area (Å²) in [5.74, 6) is 0.950. The molecule has 2 aliphatic rings. The number of likely N-dealkylation sites (tertiary alicyclic amines) is 1. The highest BCUT2D eigenvalue weighted by molar-refractivity contribution is 5.27. The fraction of sp³-hybridized carbons (Fsp3) is 0.684. The van der Waals surface area contributed by atoms with Crippen LogP contribution in [-0.2, 0) is 6.42 Å². The van der Waals surface area contributed by atoms with Crippen LogP contribution in [0.25, 0.3) is 0 Å². The molecule has 1 unspecified atom stereocenters. The van der Waals surface area contributed by atoms with E-state index in [2.05, 4.69) is 34.5 Å². The summed E-state index contributed by atoms with van der Waals surface area (Å²) in [4.78, 5) is 2.71. The first-order valence-electron chi connectivity index (χ1n) is 8.86. The third kappa shape index (κ3) is 4.02. The Bertz CT molecular complexity index is 445. The Balaban J connectivity index is 1.44. The van der Waals surface area contributed by atoms with Crippen LogP contribution in [0.2, 0.25) is 0 Å². The minimum Gasteiger partial charge on any atom is -0.497 e. The predicted molar refractivity (Wildman–Crippen MR) is 91.5 cm³/mol. The molecule has 1 spiro atoms. The van der Waals surface area contributed by atoms with E-state index in [1.165, 1.54) is 76.8 Å². The normalized spacial score (nSPS) is 26.2. The summed E-state index contributed by atoms with van der Waals surface area (Å²) in [5, 5.41) is 3.62. The molecule has 2 aliphatic heterocycles. The number of ether oxygens (including phenoxy) is 1. The van der Waals surface area contributed by atoms with Crippen LogP contribution in [0.1, 0.15) is 37.7 Å². The molecule has 0 aliphatic carbocycles. The third-order valence-corrected chi connectivity index (χ3v) is 5.40. The molecule has 1 aromatic rings. The summed E-state index contributed by atoms with van der Waals surface area (Å²) in [7, 11) is 1.72. The second-order valence-corrected chi connectivity index (χ2v) is 7.11. The lowest BCUT2D eigenvalue weighted by Crippen LogP contribution is -2.51. The second-order valence-electron chi connectivity index (χ2n) is 7.11. The molecular weight excluding hydrogens is 272 g/mol. The zero-order valence-corrected chi connectivity index (χ0v) is 13.9. The highest BCUT2D eigenvalue weighted by Crippen LogP contribution is 2.35. The van der Waals surface area contributed by atoms with Crippen molar-refractivity contribution < 1.29 is 4.74 Å². The molecule has 0 aromatic heterocycles. The van der Waals surface area contributed by atoms with Crippen molar-refractivity contribution >= 4 is 0 Å². The molecule has 2 saturated heterocycles. The smallest absolute Gasteiger partial charge is 0.118 e. The average Bonchev–Trinajstić information content (AvgIpc) is 2.56. The summed E-state index contributed by atoms with van der Waals surface area (Å²) in [5.41, 5.74) is 2.00. The molecule has 3 nitrogen and oxygen atoms in total. The van der Waals surface area contributed by atoms with Crippen LogP contribution in [0.15, 0.2) is 24.3 Å². The number of hydrogen-bond acceptors (Lipinski definition) is 3. The van der Waals surface area contributed by atoms with Gasteiger partial charge in [-0.1, -0.05) is 12.1 Å². The van der Waals surface area contributed by atoms with Gasteiger partial charge < -0.3 is 15.0 Å². The molecule has 3 rings (SSSR count). The van der Waals surface area contributed by atoms with E-state index in [0.29, 0.717) is 5.41 Å². The van der Waals surface area contributed by atoms with E-state index in [0.717, 1.165) is 5.75 Å². The highest BCUT2D eigenvalue weighted by atomic mass is 16.5. The van der Waals surface area contributed by atoms with Crippen molar-refractivity contribution in [1.29, 1.82) is 0 Å². The first-order valence-corrected chi connectivity index (χ1v) is 8.86. The Morgan fingerprint density at radius 2 is 2.00 bits per heavy atom. The Morgan fingerprint density at radius 1 is 1.18 bits per heavy atom. The van der Waals surface area contributed by atoms with Crippen molar-refractivity contribution in [3.63, 3.8) is 0 Å². The van der Waals surface area contributed by atoms with Gasteiger partial charge in [0.2, 0.25) is 0 Å². The number of methoxy groups -OCH3 is 1.